The third-order valence-electron chi connectivity index (χ3n) is 4.52. The summed E-state index contributed by atoms with van der Waals surface area (Å²) in [6.45, 7) is 7.05. The Hall–Kier alpha value is -1.91. The van der Waals surface area contributed by atoms with Crippen molar-refractivity contribution in [3.63, 3.8) is 0 Å². The predicted molar refractivity (Wildman–Crippen MR) is 83.1 cm³/mol. The highest BCUT2D eigenvalue weighted by Crippen LogP contribution is 2.30. The molecule has 0 unspecified atom stereocenters. The van der Waals surface area contributed by atoms with Gasteiger partial charge in [-0.2, -0.15) is 0 Å². The molecule has 2 fully saturated rings. The molecule has 5 nitrogen and oxygen atoms in total. The number of hydrogen-bond acceptors (Lipinski definition) is 3. The summed E-state index contributed by atoms with van der Waals surface area (Å²) >= 11 is 0. The van der Waals surface area contributed by atoms with E-state index in [2.05, 4.69) is 18.8 Å². The van der Waals surface area contributed by atoms with Crippen molar-refractivity contribution in [2.45, 2.75) is 26.2 Å². The first-order valence-electron chi connectivity index (χ1n) is 8.01. The molecule has 1 atom stereocenters. The van der Waals surface area contributed by atoms with E-state index in [0.717, 1.165) is 19.6 Å². The second-order valence-electron chi connectivity index (χ2n) is 6.81. The fourth-order valence-electron chi connectivity index (χ4n) is 3.32. The molecule has 0 spiro atoms. The Morgan fingerprint density at radius 2 is 1.95 bits per heavy atom. The van der Waals surface area contributed by atoms with Crippen LogP contribution in [0.2, 0.25) is 0 Å². The molecule has 3 heterocycles. The highest BCUT2D eigenvalue weighted by molar-refractivity contribution is 5.89. The maximum Gasteiger partial charge on any atom is 0.228 e. The molecule has 2 amide bonds. The zero-order chi connectivity index (χ0) is 15.7. The van der Waals surface area contributed by atoms with Crippen molar-refractivity contribution in [3.05, 3.63) is 30.1 Å². The Morgan fingerprint density at radius 1 is 1.27 bits per heavy atom. The molecule has 0 radical (unpaired) electrons. The van der Waals surface area contributed by atoms with Crippen molar-refractivity contribution in [2.75, 3.05) is 26.2 Å². The maximum atomic E-state index is 12.5. The quantitative estimate of drug-likeness (QED) is 0.847. The molecule has 1 aromatic heterocycles. The molecule has 5 heteroatoms. The minimum Gasteiger partial charge on any atom is -0.342 e. The number of carbonyl (C=O) groups is 2. The monoisotopic (exact) mass is 301 g/mol. The molecule has 0 N–H and O–H groups in total. The number of nitrogens with zero attached hydrogens (tertiary/aromatic N) is 3. The lowest BCUT2D eigenvalue weighted by atomic mass is 9.90. The Kier molecular flexibility index (Phi) is 4.14. The van der Waals surface area contributed by atoms with Gasteiger partial charge in [0, 0.05) is 50.9 Å². The van der Waals surface area contributed by atoms with Crippen LogP contribution in [-0.2, 0) is 9.59 Å². The van der Waals surface area contributed by atoms with Crippen LogP contribution in [-0.4, -0.2) is 52.8 Å². The van der Waals surface area contributed by atoms with E-state index in [1.165, 1.54) is 5.56 Å². The van der Waals surface area contributed by atoms with Crippen LogP contribution in [0.5, 0.6) is 0 Å². The number of aromatic nitrogens is 1. The zero-order valence-electron chi connectivity index (χ0n) is 13.2. The fraction of sp³-hybridized carbons (Fsp3) is 0.588. The maximum absolute atomic E-state index is 12.5. The van der Waals surface area contributed by atoms with Gasteiger partial charge in [-0.15, -0.1) is 0 Å². The van der Waals surface area contributed by atoms with E-state index >= 15 is 0 Å². The summed E-state index contributed by atoms with van der Waals surface area (Å²) in [7, 11) is 0. The number of pyridine rings is 1. The van der Waals surface area contributed by atoms with Crippen LogP contribution in [0.3, 0.4) is 0 Å². The average Bonchev–Trinajstić information content (AvgIpc) is 2.79. The third kappa shape index (κ3) is 2.98. The number of rotatable bonds is 4. The Morgan fingerprint density at radius 3 is 2.59 bits per heavy atom. The summed E-state index contributed by atoms with van der Waals surface area (Å²) in [6, 6.07) is 4.02. The van der Waals surface area contributed by atoms with Crippen LogP contribution in [0.15, 0.2) is 24.5 Å². The van der Waals surface area contributed by atoms with Crippen LogP contribution in [0.1, 0.15) is 31.7 Å². The molecule has 118 valence electrons. The molecule has 0 aliphatic carbocycles. The number of amides is 2. The van der Waals surface area contributed by atoms with Gasteiger partial charge in [0.05, 0.1) is 5.92 Å². The van der Waals surface area contributed by atoms with Gasteiger partial charge in [-0.1, -0.05) is 13.8 Å². The molecule has 2 aliphatic heterocycles. The summed E-state index contributed by atoms with van der Waals surface area (Å²) in [4.78, 5) is 32.3. The van der Waals surface area contributed by atoms with Gasteiger partial charge in [-0.3, -0.25) is 14.6 Å². The zero-order valence-corrected chi connectivity index (χ0v) is 13.2. The van der Waals surface area contributed by atoms with Crippen molar-refractivity contribution in [3.8, 4) is 0 Å². The largest absolute Gasteiger partial charge is 0.342 e. The molecule has 3 rings (SSSR count). The predicted octanol–water partition coefficient (Wildman–Crippen LogP) is 1.51. The minimum absolute atomic E-state index is 0.123. The minimum atomic E-state index is -0.148. The number of hydrogen-bond donors (Lipinski definition) is 0. The topological polar surface area (TPSA) is 53.5 Å². The highest BCUT2D eigenvalue weighted by atomic mass is 16.2. The van der Waals surface area contributed by atoms with E-state index in [-0.39, 0.29) is 17.7 Å². The van der Waals surface area contributed by atoms with E-state index in [9.17, 15) is 9.59 Å². The lowest BCUT2D eigenvalue weighted by Crippen LogP contribution is -2.51. The smallest absolute Gasteiger partial charge is 0.228 e. The van der Waals surface area contributed by atoms with Gasteiger partial charge in [0.1, 0.15) is 0 Å². The first kappa shape index (κ1) is 15.0. The summed E-state index contributed by atoms with van der Waals surface area (Å²) < 4.78 is 0. The third-order valence-corrected chi connectivity index (χ3v) is 4.52. The van der Waals surface area contributed by atoms with Gasteiger partial charge in [-0.25, -0.2) is 0 Å². The van der Waals surface area contributed by atoms with E-state index in [4.69, 9.17) is 0 Å². The first-order chi connectivity index (χ1) is 10.5. The van der Waals surface area contributed by atoms with E-state index in [1.54, 1.807) is 12.4 Å². The SMILES string of the molecule is CC(C)CN1C[C@@H](C(=O)N2CC(c3ccncc3)C2)CC1=O. The van der Waals surface area contributed by atoms with E-state index in [1.807, 2.05) is 21.9 Å². The second-order valence-corrected chi connectivity index (χ2v) is 6.81. The van der Waals surface area contributed by atoms with Crippen LogP contribution < -0.4 is 0 Å². The van der Waals surface area contributed by atoms with Crippen LogP contribution in [0.4, 0.5) is 0 Å². The van der Waals surface area contributed by atoms with Gasteiger partial charge >= 0.3 is 0 Å². The Labute approximate surface area is 131 Å². The van der Waals surface area contributed by atoms with Crippen LogP contribution >= 0.6 is 0 Å². The van der Waals surface area contributed by atoms with Gasteiger partial charge in [-0.05, 0) is 23.6 Å². The number of likely N-dealkylation sites (tertiary alicyclic amines) is 2. The van der Waals surface area contributed by atoms with Crippen LogP contribution in [0, 0.1) is 11.8 Å². The van der Waals surface area contributed by atoms with E-state index in [0.29, 0.717) is 24.8 Å². The molecular formula is C17H23N3O2. The second kappa shape index (κ2) is 6.07. The van der Waals surface area contributed by atoms with Gasteiger partial charge < -0.3 is 9.80 Å². The molecule has 1 aromatic rings. The normalized spacial score (nSPS) is 22.3. The van der Waals surface area contributed by atoms with Crippen molar-refractivity contribution >= 4 is 11.8 Å². The summed E-state index contributed by atoms with van der Waals surface area (Å²) in [5.74, 6) is 0.974. The Balaban J connectivity index is 1.53. The van der Waals surface area contributed by atoms with E-state index < -0.39 is 0 Å². The van der Waals surface area contributed by atoms with Crippen molar-refractivity contribution in [1.82, 2.24) is 14.8 Å². The first-order valence-corrected chi connectivity index (χ1v) is 8.01. The fourth-order valence-corrected chi connectivity index (χ4v) is 3.32. The van der Waals surface area contributed by atoms with Crippen LogP contribution in [0.25, 0.3) is 0 Å². The Bertz CT molecular complexity index is 552. The van der Waals surface area contributed by atoms with Gasteiger partial charge in [0.15, 0.2) is 0 Å². The van der Waals surface area contributed by atoms with Crippen molar-refractivity contribution < 1.29 is 9.59 Å². The highest BCUT2D eigenvalue weighted by Gasteiger charge is 2.40. The summed E-state index contributed by atoms with van der Waals surface area (Å²) in [5.41, 5.74) is 1.24. The molecule has 2 saturated heterocycles. The lowest BCUT2D eigenvalue weighted by molar-refractivity contribution is -0.140. The molecule has 22 heavy (non-hydrogen) atoms. The van der Waals surface area contributed by atoms with Crippen molar-refractivity contribution in [1.29, 1.82) is 0 Å². The average molecular weight is 301 g/mol. The lowest BCUT2D eigenvalue weighted by Gasteiger charge is -2.40. The summed E-state index contributed by atoms with van der Waals surface area (Å²) in [6.07, 6.45) is 3.96. The summed E-state index contributed by atoms with van der Waals surface area (Å²) in [5, 5.41) is 0. The molecule has 0 saturated carbocycles. The molecule has 0 bridgehead atoms. The van der Waals surface area contributed by atoms with Crippen molar-refractivity contribution in [2.24, 2.45) is 11.8 Å². The van der Waals surface area contributed by atoms with Gasteiger partial charge in [0.2, 0.25) is 11.8 Å². The number of carbonyl (C=O) groups excluding carboxylic acids is 2. The molecular weight excluding hydrogens is 278 g/mol. The molecule has 0 aromatic carbocycles. The van der Waals surface area contributed by atoms with Gasteiger partial charge in [0.25, 0.3) is 0 Å². The standard InChI is InChI=1S/C17H23N3O2/c1-12(2)8-19-9-14(7-16(19)21)17(22)20-10-15(11-20)13-3-5-18-6-4-13/h3-6,12,14-15H,7-11H2,1-2H3/t14-/m0/s1. The molecule has 2 aliphatic rings.